The molecule has 20 heavy (non-hydrogen) atoms. The van der Waals surface area contributed by atoms with Gasteiger partial charge in [-0.25, -0.2) is 0 Å². The summed E-state index contributed by atoms with van der Waals surface area (Å²) in [5.41, 5.74) is 0.944. The second-order valence-corrected chi connectivity index (χ2v) is 5.82. The molecule has 2 atom stereocenters. The summed E-state index contributed by atoms with van der Waals surface area (Å²) in [5, 5.41) is 8.42. The lowest BCUT2D eigenvalue weighted by Crippen LogP contribution is -2.33. The minimum absolute atomic E-state index is 0.0748. The number of nitrogens with zero attached hydrogens (tertiary/aromatic N) is 4. The topological polar surface area (TPSA) is 66.4 Å². The summed E-state index contributed by atoms with van der Waals surface area (Å²) in [6.07, 6.45) is 0. The molecule has 1 aromatic heterocycles. The van der Waals surface area contributed by atoms with Crippen LogP contribution in [0.25, 0.3) is 0 Å². The first-order valence-corrected chi connectivity index (χ1v) is 6.89. The molecule has 2 aliphatic rings. The summed E-state index contributed by atoms with van der Waals surface area (Å²) in [6, 6.07) is 3.87. The summed E-state index contributed by atoms with van der Waals surface area (Å²) in [4.78, 5) is 27.2. The number of aromatic nitrogens is 2. The maximum absolute atomic E-state index is 12.0. The first kappa shape index (κ1) is 13.0. The zero-order valence-corrected chi connectivity index (χ0v) is 11.9. The average molecular weight is 274 g/mol. The molecule has 0 aromatic carbocycles. The van der Waals surface area contributed by atoms with Gasteiger partial charge in [0, 0.05) is 20.1 Å². The molecule has 0 unspecified atom stereocenters. The van der Waals surface area contributed by atoms with Gasteiger partial charge in [-0.1, -0.05) is 13.8 Å². The van der Waals surface area contributed by atoms with Gasteiger partial charge in [-0.2, -0.15) is 5.10 Å². The molecular formula is C14H18N4O2. The van der Waals surface area contributed by atoms with Crippen LogP contribution >= 0.6 is 0 Å². The monoisotopic (exact) mass is 274 g/mol. The van der Waals surface area contributed by atoms with Crippen molar-refractivity contribution in [2.24, 2.45) is 11.8 Å². The lowest BCUT2D eigenvalue weighted by molar-refractivity contribution is -0.138. The summed E-state index contributed by atoms with van der Waals surface area (Å²) < 4.78 is 0. The SMILES string of the molecule is CC(C)c1ccc(N2C[C@@H]3C(=O)N(C)C(=O)[C@@H]3C2)nn1. The molecule has 2 fully saturated rings. The minimum atomic E-state index is -0.223. The number of rotatable bonds is 2. The Balaban J connectivity index is 1.78. The average Bonchev–Trinajstić information content (AvgIpc) is 2.96. The summed E-state index contributed by atoms with van der Waals surface area (Å²) in [7, 11) is 1.56. The number of carbonyl (C=O) groups is 2. The Hall–Kier alpha value is -1.98. The standard InChI is InChI=1S/C14H18N4O2/c1-8(2)11-4-5-12(16-15-11)18-6-9-10(7-18)14(20)17(3)13(9)19/h4-5,8-10H,6-7H2,1-3H3/t9-,10+. The highest BCUT2D eigenvalue weighted by Crippen LogP contribution is 2.34. The highest BCUT2D eigenvalue weighted by Gasteiger charge is 2.51. The Morgan fingerprint density at radius 2 is 1.70 bits per heavy atom. The Morgan fingerprint density at radius 1 is 1.10 bits per heavy atom. The lowest BCUT2D eigenvalue weighted by atomic mass is 10.00. The van der Waals surface area contributed by atoms with Crippen LogP contribution in [-0.2, 0) is 9.59 Å². The number of carbonyl (C=O) groups excluding carboxylic acids is 2. The van der Waals surface area contributed by atoms with Gasteiger partial charge in [-0.05, 0) is 18.1 Å². The highest BCUT2D eigenvalue weighted by molar-refractivity contribution is 6.06. The van der Waals surface area contributed by atoms with Gasteiger partial charge in [-0.15, -0.1) is 5.10 Å². The van der Waals surface area contributed by atoms with Gasteiger partial charge in [0.2, 0.25) is 11.8 Å². The predicted octanol–water partition coefficient (Wildman–Crippen LogP) is 0.651. The Bertz CT molecular complexity index is 531. The Morgan fingerprint density at radius 3 is 2.15 bits per heavy atom. The minimum Gasteiger partial charge on any atom is -0.353 e. The van der Waals surface area contributed by atoms with Crippen LogP contribution in [0.2, 0.25) is 0 Å². The van der Waals surface area contributed by atoms with E-state index in [4.69, 9.17) is 0 Å². The number of fused-ring (bicyclic) bond motifs is 1. The molecule has 0 radical (unpaired) electrons. The second-order valence-electron chi connectivity index (χ2n) is 5.82. The molecule has 0 N–H and O–H groups in total. The van der Waals surface area contributed by atoms with E-state index in [0.29, 0.717) is 19.0 Å². The van der Waals surface area contributed by atoms with Crippen LogP contribution in [0, 0.1) is 11.8 Å². The first-order valence-electron chi connectivity index (χ1n) is 6.89. The third kappa shape index (κ3) is 1.87. The van der Waals surface area contributed by atoms with Crippen LogP contribution in [0.15, 0.2) is 12.1 Å². The van der Waals surface area contributed by atoms with Crippen molar-refractivity contribution in [2.75, 3.05) is 25.0 Å². The lowest BCUT2D eigenvalue weighted by Gasteiger charge is -2.19. The fourth-order valence-electron chi connectivity index (χ4n) is 2.91. The zero-order valence-electron chi connectivity index (χ0n) is 11.9. The van der Waals surface area contributed by atoms with E-state index in [2.05, 4.69) is 24.0 Å². The molecule has 1 aromatic rings. The van der Waals surface area contributed by atoms with Crippen molar-refractivity contribution in [2.45, 2.75) is 19.8 Å². The smallest absolute Gasteiger partial charge is 0.234 e. The molecule has 0 aliphatic carbocycles. The van der Waals surface area contributed by atoms with Gasteiger partial charge in [0.1, 0.15) is 0 Å². The van der Waals surface area contributed by atoms with E-state index in [1.165, 1.54) is 4.90 Å². The van der Waals surface area contributed by atoms with Crippen LogP contribution in [0.5, 0.6) is 0 Å². The van der Waals surface area contributed by atoms with E-state index >= 15 is 0 Å². The molecule has 0 bridgehead atoms. The molecule has 6 heteroatoms. The fraction of sp³-hybridized carbons (Fsp3) is 0.571. The van der Waals surface area contributed by atoms with Gasteiger partial charge in [-0.3, -0.25) is 14.5 Å². The van der Waals surface area contributed by atoms with Gasteiger partial charge in [0.25, 0.3) is 0 Å². The maximum Gasteiger partial charge on any atom is 0.234 e. The van der Waals surface area contributed by atoms with E-state index < -0.39 is 0 Å². The molecule has 3 rings (SSSR count). The number of imide groups is 1. The number of anilines is 1. The van der Waals surface area contributed by atoms with E-state index in [9.17, 15) is 9.59 Å². The summed E-state index contributed by atoms with van der Waals surface area (Å²) >= 11 is 0. The van der Waals surface area contributed by atoms with Crippen molar-refractivity contribution in [3.8, 4) is 0 Å². The molecule has 2 aliphatic heterocycles. The number of likely N-dealkylation sites (tertiary alicyclic amines) is 1. The number of hydrogen-bond acceptors (Lipinski definition) is 5. The van der Waals surface area contributed by atoms with Crippen molar-refractivity contribution in [1.29, 1.82) is 0 Å². The number of amides is 2. The summed E-state index contributed by atoms with van der Waals surface area (Å²) in [5.74, 6) is 0.486. The van der Waals surface area contributed by atoms with Crippen molar-refractivity contribution < 1.29 is 9.59 Å². The van der Waals surface area contributed by atoms with E-state index in [-0.39, 0.29) is 23.7 Å². The molecule has 0 spiro atoms. The van der Waals surface area contributed by atoms with Crippen LogP contribution in [-0.4, -0.2) is 47.0 Å². The van der Waals surface area contributed by atoms with Crippen molar-refractivity contribution in [3.05, 3.63) is 17.8 Å². The molecule has 0 saturated carbocycles. The van der Waals surface area contributed by atoms with E-state index in [1.54, 1.807) is 7.05 Å². The fourth-order valence-corrected chi connectivity index (χ4v) is 2.91. The third-order valence-corrected chi connectivity index (χ3v) is 4.20. The van der Waals surface area contributed by atoms with Crippen molar-refractivity contribution >= 4 is 17.6 Å². The van der Waals surface area contributed by atoms with Crippen molar-refractivity contribution in [1.82, 2.24) is 15.1 Å². The summed E-state index contributed by atoms with van der Waals surface area (Å²) in [6.45, 7) is 5.23. The molecular weight excluding hydrogens is 256 g/mol. The van der Waals surface area contributed by atoms with E-state index in [0.717, 1.165) is 11.5 Å². The first-order chi connectivity index (χ1) is 9.49. The Labute approximate surface area is 117 Å². The molecule has 6 nitrogen and oxygen atoms in total. The quantitative estimate of drug-likeness (QED) is 0.741. The third-order valence-electron chi connectivity index (χ3n) is 4.20. The molecule has 2 saturated heterocycles. The number of hydrogen-bond donors (Lipinski definition) is 0. The maximum atomic E-state index is 12.0. The van der Waals surface area contributed by atoms with Gasteiger partial charge >= 0.3 is 0 Å². The predicted molar refractivity (Wildman–Crippen MR) is 73.1 cm³/mol. The van der Waals surface area contributed by atoms with Gasteiger partial charge in [0.05, 0.1) is 17.5 Å². The van der Waals surface area contributed by atoms with Crippen LogP contribution in [0.3, 0.4) is 0 Å². The Kier molecular flexibility index (Phi) is 2.96. The zero-order chi connectivity index (χ0) is 14.4. The van der Waals surface area contributed by atoms with Crippen molar-refractivity contribution in [3.63, 3.8) is 0 Å². The van der Waals surface area contributed by atoms with Gasteiger partial charge in [0.15, 0.2) is 5.82 Å². The highest BCUT2D eigenvalue weighted by atomic mass is 16.2. The molecule has 106 valence electrons. The van der Waals surface area contributed by atoms with Crippen LogP contribution in [0.1, 0.15) is 25.5 Å². The molecule has 2 amide bonds. The van der Waals surface area contributed by atoms with E-state index in [1.807, 2.05) is 17.0 Å². The van der Waals surface area contributed by atoms with Crippen LogP contribution in [0.4, 0.5) is 5.82 Å². The van der Waals surface area contributed by atoms with Gasteiger partial charge < -0.3 is 4.90 Å². The molecule has 3 heterocycles. The second kappa shape index (κ2) is 4.54. The van der Waals surface area contributed by atoms with Crippen LogP contribution < -0.4 is 4.90 Å². The largest absolute Gasteiger partial charge is 0.353 e. The normalized spacial score (nSPS) is 25.8.